The Morgan fingerprint density at radius 1 is 1.38 bits per heavy atom. The molecule has 2 atom stereocenters. The van der Waals surface area contributed by atoms with Crippen LogP contribution in [-0.2, 0) is 6.54 Å². The van der Waals surface area contributed by atoms with Gasteiger partial charge in [-0.05, 0) is 63.9 Å². The lowest BCUT2D eigenvalue weighted by Crippen LogP contribution is -2.45. The average Bonchev–Trinajstić information content (AvgIpc) is 3.09. The summed E-state index contributed by atoms with van der Waals surface area (Å²) in [4.78, 5) is 12.7. The van der Waals surface area contributed by atoms with Gasteiger partial charge in [-0.2, -0.15) is 0 Å². The molecular formula is C21H31ClIN5S. The van der Waals surface area contributed by atoms with Crippen molar-refractivity contribution in [3.05, 3.63) is 50.9 Å². The second kappa shape index (κ2) is 12.1. The number of aliphatic imine (C=N–C) groups is 1. The number of aromatic nitrogens is 1. The van der Waals surface area contributed by atoms with E-state index in [0.29, 0.717) is 18.5 Å². The van der Waals surface area contributed by atoms with E-state index in [-0.39, 0.29) is 24.0 Å². The average molecular weight is 548 g/mol. The molecule has 1 aromatic heterocycles. The quantitative estimate of drug-likeness (QED) is 0.308. The van der Waals surface area contributed by atoms with Crippen LogP contribution >= 0.6 is 46.9 Å². The second-order valence-corrected chi connectivity index (χ2v) is 8.70. The van der Waals surface area contributed by atoms with Gasteiger partial charge in [0.25, 0.3) is 0 Å². The molecule has 2 heterocycles. The summed E-state index contributed by atoms with van der Waals surface area (Å²) in [5.74, 6) is 1.37. The summed E-state index contributed by atoms with van der Waals surface area (Å²) in [5.41, 5.74) is 4.25. The van der Waals surface area contributed by atoms with E-state index in [1.165, 1.54) is 23.3 Å². The zero-order valence-electron chi connectivity index (χ0n) is 17.3. The van der Waals surface area contributed by atoms with Gasteiger partial charge in [0.2, 0.25) is 0 Å². The third-order valence-corrected chi connectivity index (χ3v) is 6.45. The molecule has 0 radical (unpaired) electrons. The smallest absolute Gasteiger partial charge is 0.191 e. The van der Waals surface area contributed by atoms with Crippen molar-refractivity contribution < 1.29 is 0 Å². The molecular weight excluding hydrogens is 517 g/mol. The molecule has 1 saturated heterocycles. The fourth-order valence-electron chi connectivity index (χ4n) is 3.89. The zero-order valence-corrected chi connectivity index (χ0v) is 21.2. The van der Waals surface area contributed by atoms with Crippen molar-refractivity contribution in [3.63, 3.8) is 0 Å². The maximum atomic E-state index is 6.26. The normalized spacial score (nSPS) is 20.2. The zero-order chi connectivity index (χ0) is 19.9. The van der Waals surface area contributed by atoms with Crippen LogP contribution in [0.2, 0.25) is 5.02 Å². The van der Waals surface area contributed by atoms with Crippen LogP contribution in [0.1, 0.15) is 41.9 Å². The number of aryl methyl sites for hydroxylation is 1. The van der Waals surface area contributed by atoms with Gasteiger partial charge in [-0.1, -0.05) is 23.7 Å². The number of guanidine groups is 1. The first-order valence-electron chi connectivity index (χ1n) is 9.95. The Kier molecular flexibility index (Phi) is 10.1. The fraction of sp³-hybridized carbons (Fsp3) is 0.524. The topological polar surface area (TPSA) is 52.6 Å². The summed E-state index contributed by atoms with van der Waals surface area (Å²) in [6.07, 6.45) is 2.41. The van der Waals surface area contributed by atoms with Gasteiger partial charge in [-0.3, -0.25) is 4.90 Å². The Balaban J connectivity index is 0.00000300. The van der Waals surface area contributed by atoms with Crippen molar-refractivity contribution in [2.24, 2.45) is 10.9 Å². The monoisotopic (exact) mass is 547 g/mol. The minimum absolute atomic E-state index is 0. The van der Waals surface area contributed by atoms with E-state index in [1.54, 1.807) is 11.3 Å². The Morgan fingerprint density at radius 3 is 2.90 bits per heavy atom. The predicted octanol–water partition coefficient (Wildman–Crippen LogP) is 4.86. The van der Waals surface area contributed by atoms with Crippen molar-refractivity contribution >= 4 is 52.9 Å². The molecule has 2 N–H and O–H groups in total. The molecule has 0 saturated carbocycles. The summed E-state index contributed by atoms with van der Waals surface area (Å²) < 4.78 is 0. The summed E-state index contributed by atoms with van der Waals surface area (Å²) in [6, 6.07) is 8.66. The summed E-state index contributed by atoms with van der Waals surface area (Å²) >= 11 is 7.93. The number of thiazole rings is 1. The number of hydrogen-bond donors (Lipinski definition) is 2. The molecule has 8 heteroatoms. The Hall–Kier alpha value is -0.900. The highest BCUT2D eigenvalue weighted by molar-refractivity contribution is 14.0. The van der Waals surface area contributed by atoms with Crippen molar-refractivity contribution in [1.82, 2.24) is 20.5 Å². The SMILES string of the molecule is CCNC(=NCc1scnc1C)NCC1CCCN(C)C1c1cccc(Cl)c1.I. The van der Waals surface area contributed by atoms with Gasteiger partial charge < -0.3 is 10.6 Å². The van der Waals surface area contributed by atoms with Crippen molar-refractivity contribution in [1.29, 1.82) is 0 Å². The molecule has 1 aliphatic heterocycles. The molecule has 2 aromatic rings. The third-order valence-electron chi connectivity index (χ3n) is 5.30. The van der Waals surface area contributed by atoms with E-state index in [4.69, 9.17) is 16.6 Å². The maximum Gasteiger partial charge on any atom is 0.191 e. The minimum Gasteiger partial charge on any atom is -0.357 e. The number of benzene rings is 1. The van der Waals surface area contributed by atoms with Crippen LogP contribution in [0.3, 0.4) is 0 Å². The number of likely N-dealkylation sites (tertiary alicyclic amines) is 1. The first kappa shape index (κ1) is 24.4. The summed E-state index contributed by atoms with van der Waals surface area (Å²) in [7, 11) is 2.21. The minimum atomic E-state index is 0. The molecule has 0 amide bonds. The van der Waals surface area contributed by atoms with E-state index in [0.717, 1.165) is 36.3 Å². The molecule has 2 unspecified atom stereocenters. The second-order valence-electron chi connectivity index (χ2n) is 7.32. The van der Waals surface area contributed by atoms with Gasteiger partial charge in [-0.15, -0.1) is 35.3 Å². The van der Waals surface area contributed by atoms with E-state index in [9.17, 15) is 0 Å². The molecule has 0 bridgehead atoms. The number of halogens is 2. The molecule has 0 spiro atoms. The predicted molar refractivity (Wildman–Crippen MR) is 135 cm³/mol. The lowest BCUT2D eigenvalue weighted by atomic mass is 9.85. The number of nitrogens with one attached hydrogen (secondary N) is 2. The van der Waals surface area contributed by atoms with Gasteiger partial charge in [0.1, 0.15) is 0 Å². The first-order valence-corrected chi connectivity index (χ1v) is 11.2. The maximum absolute atomic E-state index is 6.26. The van der Waals surface area contributed by atoms with Gasteiger partial charge in [0, 0.05) is 29.0 Å². The van der Waals surface area contributed by atoms with Gasteiger partial charge in [-0.25, -0.2) is 9.98 Å². The van der Waals surface area contributed by atoms with Crippen molar-refractivity contribution in [2.75, 3.05) is 26.7 Å². The molecule has 1 fully saturated rings. The molecule has 0 aliphatic carbocycles. The molecule has 1 aromatic carbocycles. The highest BCUT2D eigenvalue weighted by Gasteiger charge is 2.30. The summed E-state index contributed by atoms with van der Waals surface area (Å²) in [6.45, 7) is 7.64. The van der Waals surface area contributed by atoms with E-state index in [2.05, 4.69) is 46.6 Å². The lowest BCUT2D eigenvalue weighted by Gasteiger charge is -2.40. The van der Waals surface area contributed by atoms with Crippen LogP contribution in [0, 0.1) is 12.8 Å². The fourth-order valence-corrected chi connectivity index (χ4v) is 4.79. The van der Waals surface area contributed by atoms with E-state index >= 15 is 0 Å². The highest BCUT2D eigenvalue weighted by Crippen LogP contribution is 2.35. The highest BCUT2D eigenvalue weighted by atomic mass is 127. The number of nitrogens with zero attached hydrogens (tertiary/aromatic N) is 3. The molecule has 1 aliphatic rings. The van der Waals surface area contributed by atoms with E-state index in [1.807, 2.05) is 24.6 Å². The van der Waals surface area contributed by atoms with Crippen LogP contribution < -0.4 is 10.6 Å². The van der Waals surface area contributed by atoms with Crippen LogP contribution in [0.5, 0.6) is 0 Å². The van der Waals surface area contributed by atoms with Crippen LogP contribution in [0.4, 0.5) is 0 Å². The Labute approximate surface area is 200 Å². The van der Waals surface area contributed by atoms with Crippen molar-refractivity contribution in [2.45, 2.75) is 39.3 Å². The van der Waals surface area contributed by atoms with E-state index < -0.39 is 0 Å². The largest absolute Gasteiger partial charge is 0.357 e. The van der Waals surface area contributed by atoms with Gasteiger partial charge in [0.15, 0.2) is 5.96 Å². The standard InChI is InChI=1S/C21H30ClN5S.HI/c1-4-23-21(25-13-19-15(2)26-14-28-19)24-12-17-8-6-10-27(3)20(17)16-7-5-9-18(22)11-16;/h5,7,9,11,14,17,20H,4,6,8,10,12-13H2,1-3H3,(H2,23,24,25);1H. The van der Waals surface area contributed by atoms with Crippen LogP contribution in [-0.4, -0.2) is 42.5 Å². The van der Waals surface area contributed by atoms with Crippen LogP contribution in [0.15, 0.2) is 34.8 Å². The Bertz CT molecular complexity index is 797. The van der Waals surface area contributed by atoms with Gasteiger partial charge >= 0.3 is 0 Å². The number of piperidine rings is 1. The third kappa shape index (κ3) is 6.80. The summed E-state index contributed by atoms with van der Waals surface area (Å²) in [5, 5.41) is 7.74. The first-order chi connectivity index (χ1) is 13.6. The molecule has 160 valence electrons. The Morgan fingerprint density at radius 2 is 2.21 bits per heavy atom. The number of hydrogen-bond acceptors (Lipinski definition) is 4. The lowest BCUT2D eigenvalue weighted by molar-refractivity contribution is 0.122. The molecule has 29 heavy (non-hydrogen) atoms. The van der Waals surface area contributed by atoms with Gasteiger partial charge in [0.05, 0.1) is 17.7 Å². The molecule has 3 rings (SSSR count). The molecule has 5 nitrogen and oxygen atoms in total. The van der Waals surface area contributed by atoms with Crippen molar-refractivity contribution in [3.8, 4) is 0 Å². The number of rotatable bonds is 6. The van der Waals surface area contributed by atoms with Crippen LogP contribution in [0.25, 0.3) is 0 Å².